The minimum atomic E-state index is -0.157. The average Bonchev–Trinajstić information content (AvgIpc) is 2.74. The third kappa shape index (κ3) is 2.93. The molecule has 0 fully saturated rings. The van der Waals surface area contributed by atoms with Gasteiger partial charge in [-0.3, -0.25) is 0 Å². The molecule has 3 rings (SSSR count). The molecule has 2 aromatic carbocycles. The van der Waals surface area contributed by atoms with E-state index in [-0.39, 0.29) is 5.91 Å². The van der Waals surface area contributed by atoms with E-state index in [1.165, 1.54) is 0 Å². The summed E-state index contributed by atoms with van der Waals surface area (Å²) in [6.07, 6.45) is 1.73. The van der Waals surface area contributed by atoms with Crippen LogP contribution in [0.25, 0.3) is 6.08 Å². The number of nitrogens with zero attached hydrogens (tertiary/aromatic N) is 2. The Balaban J connectivity index is 1.96. The van der Waals surface area contributed by atoms with Crippen LogP contribution in [0.1, 0.15) is 5.56 Å². The number of amidine groups is 1. The van der Waals surface area contributed by atoms with Crippen LogP contribution in [0.2, 0.25) is 5.02 Å². The Morgan fingerprint density at radius 2 is 1.86 bits per heavy atom. The molecule has 1 radical (unpaired) electrons. The third-order valence-electron chi connectivity index (χ3n) is 3.00. The topological polar surface area (TPSA) is 32.7 Å². The molecular formula is C16H10ClN2OSe. The summed E-state index contributed by atoms with van der Waals surface area (Å²) in [7, 11) is 0. The number of aliphatic imine (C=N–C) groups is 1. The number of halogens is 1. The van der Waals surface area contributed by atoms with Crippen LogP contribution in [-0.4, -0.2) is 26.7 Å². The molecule has 0 unspecified atom stereocenters. The predicted octanol–water partition coefficient (Wildman–Crippen LogP) is 3.25. The molecule has 0 aliphatic carbocycles. The summed E-state index contributed by atoms with van der Waals surface area (Å²) in [5, 5.41) is 0.627. The van der Waals surface area contributed by atoms with Gasteiger partial charge in [-0.05, 0) is 0 Å². The normalized spacial score (nSPS) is 16.4. The molecule has 0 saturated heterocycles. The van der Waals surface area contributed by atoms with E-state index in [1.807, 2.05) is 42.5 Å². The summed E-state index contributed by atoms with van der Waals surface area (Å²) in [6, 6.07) is 16.7. The van der Waals surface area contributed by atoms with Crippen LogP contribution in [0.4, 0.5) is 5.69 Å². The van der Waals surface area contributed by atoms with Crippen molar-refractivity contribution in [3.8, 4) is 0 Å². The molecular weight excluding hydrogens is 351 g/mol. The van der Waals surface area contributed by atoms with Crippen LogP contribution < -0.4 is 4.90 Å². The standard InChI is InChI=1S/C16H10ClN2OSe/c17-12-6-4-5-11(9-12)10-14-15(20)19(16(21)18-14)13-7-2-1-3-8-13/h1-10H/b14-10-. The number of anilines is 1. The van der Waals surface area contributed by atoms with Crippen molar-refractivity contribution in [2.45, 2.75) is 0 Å². The number of benzene rings is 2. The predicted molar refractivity (Wildman–Crippen MR) is 86.5 cm³/mol. The Morgan fingerprint density at radius 3 is 2.57 bits per heavy atom. The molecule has 0 aromatic heterocycles. The third-order valence-corrected chi connectivity index (χ3v) is 3.81. The van der Waals surface area contributed by atoms with Gasteiger partial charge in [-0.25, -0.2) is 0 Å². The van der Waals surface area contributed by atoms with E-state index in [0.29, 0.717) is 15.5 Å². The first kappa shape index (κ1) is 14.1. The molecule has 1 heterocycles. The molecule has 0 bridgehead atoms. The molecule has 0 spiro atoms. The molecule has 3 nitrogen and oxygen atoms in total. The quantitative estimate of drug-likeness (QED) is 0.598. The zero-order chi connectivity index (χ0) is 14.8. The van der Waals surface area contributed by atoms with E-state index < -0.39 is 0 Å². The summed E-state index contributed by atoms with van der Waals surface area (Å²) in [6.45, 7) is 0. The number of hydrogen-bond donors (Lipinski definition) is 0. The number of carbonyl (C=O) groups is 1. The van der Waals surface area contributed by atoms with Crippen molar-refractivity contribution in [3.63, 3.8) is 0 Å². The molecule has 1 amide bonds. The van der Waals surface area contributed by atoms with E-state index >= 15 is 0 Å². The first-order valence-corrected chi connectivity index (χ1v) is 7.51. The van der Waals surface area contributed by atoms with Gasteiger partial charge >= 0.3 is 136 Å². The Hall–Kier alpha value is -1.87. The summed E-state index contributed by atoms with van der Waals surface area (Å²) < 4.78 is 0.541. The first-order valence-electron chi connectivity index (χ1n) is 6.27. The van der Waals surface area contributed by atoms with E-state index in [1.54, 1.807) is 23.1 Å². The van der Waals surface area contributed by atoms with Gasteiger partial charge in [0.1, 0.15) is 0 Å². The molecule has 0 atom stereocenters. The van der Waals surface area contributed by atoms with Gasteiger partial charge in [-0.1, -0.05) is 0 Å². The average molecular weight is 361 g/mol. The van der Waals surface area contributed by atoms with Gasteiger partial charge in [0.05, 0.1) is 0 Å². The van der Waals surface area contributed by atoms with Gasteiger partial charge < -0.3 is 0 Å². The van der Waals surface area contributed by atoms with Crippen molar-refractivity contribution in [1.82, 2.24) is 0 Å². The van der Waals surface area contributed by atoms with Gasteiger partial charge in [-0.15, -0.1) is 0 Å². The van der Waals surface area contributed by atoms with Crippen molar-refractivity contribution in [3.05, 3.63) is 70.9 Å². The fourth-order valence-corrected chi connectivity index (χ4v) is 2.86. The van der Waals surface area contributed by atoms with Gasteiger partial charge in [0.2, 0.25) is 0 Å². The van der Waals surface area contributed by atoms with Crippen molar-refractivity contribution in [2.75, 3.05) is 4.90 Å². The van der Waals surface area contributed by atoms with Crippen molar-refractivity contribution in [1.29, 1.82) is 0 Å². The molecule has 1 aliphatic rings. The Kier molecular flexibility index (Phi) is 3.93. The number of para-hydroxylation sites is 1. The van der Waals surface area contributed by atoms with E-state index in [9.17, 15) is 4.79 Å². The Labute approximate surface area is 135 Å². The molecule has 5 heteroatoms. The van der Waals surface area contributed by atoms with E-state index in [4.69, 9.17) is 11.6 Å². The van der Waals surface area contributed by atoms with E-state index in [2.05, 4.69) is 21.0 Å². The zero-order valence-corrected chi connectivity index (χ0v) is 13.3. The van der Waals surface area contributed by atoms with Crippen LogP contribution in [0.3, 0.4) is 0 Å². The fourth-order valence-electron chi connectivity index (χ4n) is 2.06. The maximum atomic E-state index is 12.5. The summed E-state index contributed by atoms with van der Waals surface area (Å²) in [4.78, 5) is 18.4. The molecule has 0 saturated carbocycles. The Morgan fingerprint density at radius 1 is 1.10 bits per heavy atom. The molecule has 21 heavy (non-hydrogen) atoms. The number of amides is 1. The van der Waals surface area contributed by atoms with Gasteiger partial charge in [0, 0.05) is 0 Å². The second-order valence-electron chi connectivity index (χ2n) is 4.46. The molecule has 0 N–H and O–H groups in total. The SMILES string of the molecule is O=C1/C(=C/c2cccc(Cl)c2)N=C([Se])N1c1ccccc1. The molecule has 1 aliphatic heterocycles. The molecule has 103 valence electrons. The second kappa shape index (κ2) is 5.86. The first-order chi connectivity index (χ1) is 10.1. The van der Waals surface area contributed by atoms with Crippen LogP contribution in [0, 0.1) is 0 Å². The number of rotatable bonds is 2. The number of hydrogen-bond acceptors (Lipinski definition) is 2. The maximum absolute atomic E-state index is 12.5. The summed E-state index contributed by atoms with van der Waals surface area (Å²) >= 11 is 8.79. The van der Waals surface area contributed by atoms with Crippen LogP contribution >= 0.6 is 11.6 Å². The van der Waals surface area contributed by atoms with Gasteiger partial charge in [-0.2, -0.15) is 0 Å². The summed E-state index contributed by atoms with van der Waals surface area (Å²) in [5.74, 6) is -0.157. The van der Waals surface area contributed by atoms with Crippen molar-refractivity contribution in [2.24, 2.45) is 4.99 Å². The zero-order valence-electron chi connectivity index (χ0n) is 10.9. The van der Waals surface area contributed by atoms with Crippen LogP contribution in [0.5, 0.6) is 0 Å². The van der Waals surface area contributed by atoms with E-state index in [0.717, 1.165) is 11.3 Å². The monoisotopic (exact) mass is 361 g/mol. The number of carbonyl (C=O) groups excluding carboxylic acids is 1. The summed E-state index contributed by atoms with van der Waals surface area (Å²) in [5.41, 5.74) is 2.02. The van der Waals surface area contributed by atoms with Gasteiger partial charge in [0.25, 0.3) is 0 Å². The van der Waals surface area contributed by atoms with Crippen LogP contribution in [0.15, 0.2) is 65.3 Å². The minimum absolute atomic E-state index is 0.157. The van der Waals surface area contributed by atoms with Crippen molar-refractivity contribution < 1.29 is 4.79 Å². The molecule has 2 aromatic rings. The van der Waals surface area contributed by atoms with Crippen LogP contribution in [-0.2, 0) is 4.79 Å². The van der Waals surface area contributed by atoms with Gasteiger partial charge in [0.15, 0.2) is 0 Å². The Bertz CT molecular complexity index is 756. The van der Waals surface area contributed by atoms with Crippen molar-refractivity contribution >= 4 is 50.0 Å². The fraction of sp³-hybridized carbons (Fsp3) is 0. The second-order valence-corrected chi connectivity index (χ2v) is 5.66.